The van der Waals surface area contributed by atoms with Crippen molar-refractivity contribution >= 4 is 25.4 Å². The van der Waals surface area contributed by atoms with Crippen LogP contribution in [0.15, 0.2) is 11.8 Å². The standard InChI is InChI=1S/C18H24N3O9P/c1-11(22)19-7-5-6-12-8-21(2,17(24)20-15(12)23)16-13-14(30-31(4,25)26)18(29-16,9-27-3)10-28-13/h8,13-14,16H,7,9-10H2,1-4H3,(H2-,19,20,22,23,24,25,26)/p+1/t13-,14?,16+,18-,21?/m0/s1. The fourth-order valence-electron chi connectivity index (χ4n) is 3.79. The molecule has 4 amide bonds. The molecule has 2 fully saturated rings. The quantitative estimate of drug-likeness (QED) is 0.260. The van der Waals surface area contributed by atoms with E-state index in [0.717, 1.165) is 6.66 Å². The molecule has 0 aliphatic carbocycles. The molecule has 3 N–H and O–H groups in total. The number of ether oxygens (including phenoxy) is 3. The van der Waals surface area contributed by atoms with Crippen molar-refractivity contribution in [2.45, 2.75) is 31.0 Å². The molecule has 0 aromatic rings. The van der Waals surface area contributed by atoms with Gasteiger partial charge in [-0.3, -0.25) is 18.7 Å². The number of nitrogens with one attached hydrogen (secondary N) is 2. The first-order valence-corrected chi connectivity index (χ1v) is 11.4. The summed E-state index contributed by atoms with van der Waals surface area (Å²) in [6, 6.07) is -0.687. The Morgan fingerprint density at radius 2 is 2.23 bits per heavy atom. The van der Waals surface area contributed by atoms with Crippen molar-refractivity contribution < 1.29 is 47.1 Å². The number of fused-ring (bicyclic) bond motifs is 2. The topological polar surface area (TPSA) is 149 Å². The molecule has 12 nitrogen and oxygen atoms in total. The maximum Gasteiger partial charge on any atom is 0.430 e. The van der Waals surface area contributed by atoms with E-state index in [1.807, 2.05) is 0 Å². The number of carbonyl (C=O) groups is 3. The van der Waals surface area contributed by atoms with Gasteiger partial charge < -0.3 is 24.4 Å². The average Bonchev–Trinajstić information content (AvgIpc) is 3.13. The fourth-order valence-corrected chi connectivity index (χ4v) is 4.52. The predicted molar refractivity (Wildman–Crippen MR) is 104 cm³/mol. The number of imide groups is 1. The van der Waals surface area contributed by atoms with Crippen LogP contribution in [-0.4, -0.2) is 91.8 Å². The highest BCUT2D eigenvalue weighted by molar-refractivity contribution is 7.51. The zero-order valence-corrected chi connectivity index (χ0v) is 18.4. The van der Waals surface area contributed by atoms with Crippen LogP contribution in [-0.2, 0) is 32.9 Å². The third kappa shape index (κ3) is 4.58. The van der Waals surface area contributed by atoms with E-state index in [1.165, 1.54) is 27.3 Å². The van der Waals surface area contributed by atoms with Crippen molar-refractivity contribution in [3.05, 3.63) is 11.8 Å². The van der Waals surface area contributed by atoms with Crippen molar-refractivity contribution in [3.8, 4) is 11.8 Å². The van der Waals surface area contributed by atoms with Crippen LogP contribution in [0.2, 0.25) is 0 Å². The molecule has 170 valence electrons. The second-order valence-corrected chi connectivity index (χ2v) is 9.59. The smallest absolute Gasteiger partial charge is 0.381 e. The van der Waals surface area contributed by atoms with Gasteiger partial charge in [0.05, 0.1) is 26.8 Å². The number of hydrogen-bond donors (Lipinski definition) is 3. The number of nitrogens with zero attached hydrogens (tertiary/aromatic N) is 1. The van der Waals surface area contributed by atoms with E-state index in [0.29, 0.717) is 0 Å². The van der Waals surface area contributed by atoms with Crippen molar-refractivity contribution in [2.75, 3.05) is 40.6 Å². The van der Waals surface area contributed by atoms with E-state index in [-0.39, 0.29) is 31.2 Å². The summed E-state index contributed by atoms with van der Waals surface area (Å²) in [5.41, 5.74) is -1.20. The average molecular weight is 458 g/mol. The second-order valence-electron chi connectivity index (χ2n) is 7.77. The van der Waals surface area contributed by atoms with Gasteiger partial charge in [-0.1, -0.05) is 11.8 Å². The summed E-state index contributed by atoms with van der Waals surface area (Å²) in [4.78, 5) is 45.7. The molecular weight excluding hydrogens is 433 g/mol. The van der Waals surface area contributed by atoms with Crippen LogP contribution in [0.5, 0.6) is 0 Å². The van der Waals surface area contributed by atoms with Gasteiger partial charge in [0.1, 0.15) is 17.9 Å². The van der Waals surface area contributed by atoms with Crippen molar-refractivity contribution in [2.24, 2.45) is 0 Å². The summed E-state index contributed by atoms with van der Waals surface area (Å²) in [7, 11) is -0.988. The molecule has 3 unspecified atom stereocenters. The number of carbonyl (C=O) groups excluding carboxylic acids is 3. The summed E-state index contributed by atoms with van der Waals surface area (Å²) in [6.45, 7) is 2.45. The zero-order chi connectivity index (χ0) is 23.0. The van der Waals surface area contributed by atoms with Crippen LogP contribution < -0.4 is 10.6 Å². The Hall–Kier alpha value is -2.10. The van der Waals surface area contributed by atoms with E-state index >= 15 is 0 Å². The molecule has 3 rings (SSSR count). The first kappa shape index (κ1) is 23.6. The third-order valence-electron chi connectivity index (χ3n) is 5.15. The molecule has 3 aliphatic rings. The molecule has 0 aromatic heterocycles. The lowest BCUT2D eigenvalue weighted by molar-refractivity contribution is -0.840. The molecule has 13 heteroatoms. The summed E-state index contributed by atoms with van der Waals surface area (Å²) < 4.78 is 33.9. The molecular formula is C18H25N3O9P+. The fraction of sp³-hybridized carbons (Fsp3) is 0.611. The Morgan fingerprint density at radius 3 is 2.84 bits per heavy atom. The molecule has 2 saturated heterocycles. The van der Waals surface area contributed by atoms with E-state index in [1.54, 1.807) is 0 Å². The van der Waals surface area contributed by atoms with Crippen LogP contribution in [0.4, 0.5) is 4.79 Å². The SMILES string of the molecule is COC[C@]12CO[C@@H](C1OP(C)(=O)O)[C@H]([N+]1(C)C=C(C#CCNC(C)=O)C(=O)NC1=O)O2. The van der Waals surface area contributed by atoms with Gasteiger partial charge in [0, 0.05) is 20.7 Å². The zero-order valence-electron chi connectivity index (χ0n) is 17.5. The molecule has 0 spiro atoms. The van der Waals surface area contributed by atoms with Gasteiger partial charge >= 0.3 is 13.6 Å². The first-order valence-electron chi connectivity index (χ1n) is 9.37. The van der Waals surface area contributed by atoms with Crippen LogP contribution in [0.25, 0.3) is 0 Å². The third-order valence-corrected chi connectivity index (χ3v) is 5.77. The molecule has 3 heterocycles. The van der Waals surface area contributed by atoms with Gasteiger partial charge in [0.15, 0.2) is 11.7 Å². The van der Waals surface area contributed by atoms with Crippen molar-refractivity contribution in [1.29, 1.82) is 0 Å². The molecule has 0 saturated carbocycles. The summed E-state index contributed by atoms with van der Waals surface area (Å²) in [5, 5.41) is 4.72. The lowest BCUT2D eigenvalue weighted by Crippen LogP contribution is -2.65. The summed E-state index contributed by atoms with van der Waals surface area (Å²) in [6.07, 6.45) is -1.52. The number of quaternary nitrogens is 1. The Balaban J connectivity index is 1.94. The first-order chi connectivity index (χ1) is 14.4. The number of methoxy groups -OCH3 is 1. The Bertz CT molecular complexity index is 935. The largest absolute Gasteiger partial charge is 0.430 e. The highest BCUT2D eigenvalue weighted by atomic mass is 31.2. The van der Waals surface area contributed by atoms with Gasteiger partial charge in [0.25, 0.3) is 5.91 Å². The lowest BCUT2D eigenvalue weighted by atomic mass is 10.00. The van der Waals surface area contributed by atoms with Crippen LogP contribution in [0, 0.1) is 11.8 Å². The monoisotopic (exact) mass is 458 g/mol. The highest BCUT2D eigenvalue weighted by Gasteiger charge is 2.70. The number of amides is 4. The maximum absolute atomic E-state index is 12.8. The molecule has 0 radical (unpaired) electrons. The van der Waals surface area contributed by atoms with Gasteiger partial charge in [-0.25, -0.2) is 10.1 Å². The van der Waals surface area contributed by atoms with Gasteiger partial charge in [-0.2, -0.15) is 4.48 Å². The van der Waals surface area contributed by atoms with E-state index in [4.69, 9.17) is 18.7 Å². The molecule has 31 heavy (non-hydrogen) atoms. The minimum absolute atomic E-state index is 0.000377. The van der Waals surface area contributed by atoms with Crippen molar-refractivity contribution in [3.63, 3.8) is 0 Å². The normalized spacial score (nSPS) is 36.2. The second kappa shape index (κ2) is 8.44. The number of hydrogen-bond acceptors (Lipinski definition) is 8. The molecule has 3 aliphatic heterocycles. The summed E-state index contributed by atoms with van der Waals surface area (Å²) >= 11 is 0. The van der Waals surface area contributed by atoms with E-state index < -0.39 is 48.1 Å². The number of urea groups is 1. The van der Waals surface area contributed by atoms with Crippen LogP contribution in [0.1, 0.15) is 6.92 Å². The Morgan fingerprint density at radius 1 is 1.52 bits per heavy atom. The van der Waals surface area contributed by atoms with E-state index in [2.05, 4.69) is 22.5 Å². The van der Waals surface area contributed by atoms with Crippen LogP contribution >= 0.6 is 7.60 Å². The molecule has 6 atom stereocenters. The number of likely N-dealkylation sites (N-methyl/N-ethyl adjacent to an activating group) is 1. The van der Waals surface area contributed by atoms with E-state index in [9.17, 15) is 23.8 Å². The van der Waals surface area contributed by atoms with Crippen LogP contribution in [0.3, 0.4) is 0 Å². The molecule has 0 aromatic carbocycles. The Labute approximate surface area is 179 Å². The van der Waals surface area contributed by atoms with Gasteiger partial charge in [-0.05, 0) is 0 Å². The van der Waals surface area contributed by atoms with Crippen molar-refractivity contribution in [1.82, 2.24) is 10.6 Å². The maximum atomic E-state index is 12.8. The molecule has 2 bridgehead atoms. The summed E-state index contributed by atoms with van der Waals surface area (Å²) in [5.74, 6) is 4.32. The number of rotatable bonds is 6. The lowest BCUT2D eigenvalue weighted by Gasteiger charge is -2.39. The Kier molecular flexibility index (Phi) is 6.42. The van der Waals surface area contributed by atoms with Gasteiger partial charge in [0.2, 0.25) is 12.1 Å². The minimum atomic E-state index is -3.92. The minimum Gasteiger partial charge on any atom is -0.381 e. The highest BCUT2D eigenvalue weighted by Crippen LogP contribution is 2.51. The van der Waals surface area contributed by atoms with Gasteiger partial charge in [-0.15, -0.1) is 0 Å². The predicted octanol–water partition coefficient (Wildman–Crippen LogP) is -0.953.